The van der Waals surface area contributed by atoms with E-state index in [2.05, 4.69) is 38.7 Å². The maximum absolute atomic E-state index is 13.3. The van der Waals surface area contributed by atoms with E-state index >= 15 is 0 Å². The minimum Gasteiger partial charge on any atom is -0.253 e. The zero-order valence-electron chi connectivity index (χ0n) is 10.8. The van der Waals surface area contributed by atoms with Gasteiger partial charge in [0.1, 0.15) is 5.82 Å². The van der Waals surface area contributed by atoms with Crippen LogP contribution in [0.15, 0.2) is 24.3 Å². The maximum Gasteiger partial charge on any atom is 0.123 e. The fourth-order valence-electron chi connectivity index (χ4n) is 2.02. The number of halogens is 1. The zero-order valence-corrected chi connectivity index (χ0v) is 10.8. The molecule has 0 N–H and O–H groups in total. The van der Waals surface area contributed by atoms with Crippen molar-refractivity contribution in [3.05, 3.63) is 41.3 Å². The highest BCUT2D eigenvalue weighted by Crippen LogP contribution is 2.28. The number of fused-ring (bicyclic) bond motifs is 1. The summed E-state index contributed by atoms with van der Waals surface area (Å²) in [5, 5.41) is 0.935. The summed E-state index contributed by atoms with van der Waals surface area (Å²) in [6, 6.07) is 6.94. The van der Waals surface area contributed by atoms with Gasteiger partial charge in [0, 0.05) is 11.1 Å². The molecule has 0 aliphatic heterocycles. The number of nitrogens with zero attached hydrogens (tertiary/aromatic N) is 1. The smallest absolute Gasteiger partial charge is 0.123 e. The molecule has 0 bridgehead atoms. The first-order valence-electron chi connectivity index (χ1n) is 6.09. The number of rotatable bonds is 2. The largest absolute Gasteiger partial charge is 0.253 e. The Morgan fingerprint density at radius 2 is 1.71 bits per heavy atom. The zero-order chi connectivity index (χ0) is 12.6. The molecule has 2 heteroatoms. The quantitative estimate of drug-likeness (QED) is 0.734. The molecule has 0 amide bonds. The van der Waals surface area contributed by atoms with Gasteiger partial charge in [-0.05, 0) is 41.7 Å². The van der Waals surface area contributed by atoms with Crippen LogP contribution in [0.5, 0.6) is 0 Å². The summed E-state index contributed by atoms with van der Waals surface area (Å²) >= 11 is 0. The van der Waals surface area contributed by atoms with Crippen molar-refractivity contribution in [3.63, 3.8) is 0 Å². The lowest BCUT2D eigenvalue weighted by Gasteiger charge is -2.14. The molecular weight excluding hydrogens is 213 g/mol. The minimum absolute atomic E-state index is 0.196. The molecule has 1 heterocycles. The van der Waals surface area contributed by atoms with Crippen LogP contribution < -0.4 is 0 Å². The number of aromatic nitrogens is 1. The summed E-state index contributed by atoms with van der Waals surface area (Å²) in [4.78, 5) is 4.59. The number of pyridine rings is 1. The molecule has 0 fully saturated rings. The second-order valence-corrected chi connectivity index (χ2v) is 5.11. The molecule has 2 aromatic rings. The van der Waals surface area contributed by atoms with E-state index in [9.17, 15) is 4.39 Å². The van der Waals surface area contributed by atoms with E-state index in [1.807, 2.05) is 0 Å². The highest BCUT2D eigenvalue weighted by molar-refractivity contribution is 5.83. The molecule has 0 atom stereocenters. The van der Waals surface area contributed by atoms with E-state index < -0.39 is 0 Å². The van der Waals surface area contributed by atoms with Crippen molar-refractivity contribution >= 4 is 10.9 Å². The molecular formula is C15H18FN. The summed E-state index contributed by atoms with van der Waals surface area (Å²) in [5.41, 5.74) is 3.15. The first-order chi connectivity index (χ1) is 7.99. The molecule has 17 heavy (non-hydrogen) atoms. The third kappa shape index (κ3) is 2.31. The van der Waals surface area contributed by atoms with Crippen molar-refractivity contribution in [1.82, 2.24) is 4.98 Å². The van der Waals surface area contributed by atoms with Crippen molar-refractivity contribution in [1.29, 1.82) is 0 Å². The monoisotopic (exact) mass is 231 g/mol. The Kier molecular flexibility index (Phi) is 3.14. The normalized spacial score (nSPS) is 11.7. The number of hydrogen-bond donors (Lipinski definition) is 0. The Morgan fingerprint density at radius 1 is 1.00 bits per heavy atom. The van der Waals surface area contributed by atoms with Gasteiger partial charge in [0.25, 0.3) is 0 Å². The molecule has 2 rings (SSSR count). The SMILES string of the molecule is CC(C)c1cc(C(C)C)c2cc(F)ccc2n1. The van der Waals surface area contributed by atoms with Crippen LogP contribution in [0.3, 0.4) is 0 Å². The lowest BCUT2D eigenvalue weighted by Crippen LogP contribution is -1.99. The Hall–Kier alpha value is -1.44. The highest BCUT2D eigenvalue weighted by atomic mass is 19.1. The van der Waals surface area contributed by atoms with Crippen LogP contribution in [0.2, 0.25) is 0 Å². The molecule has 90 valence electrons. The Labute approximate surface area is 102 Å². The first-order valence-corrected chi connectivity index (χ1v) is 6.09. The van der Waals surface area contributed by atoms with Gasteiger partial charge in [-0.15, -0.1) is 0 Å². The predicted octanol–water partition coefficient (Wildman–Crippen LogP) is 4.62. The van der Waals surface area contributed by atoms with Crippen molar-refractivity contribution in [2.75, 3.05) is 0 Å². The molecule has 0 radical (unpaired) electrons. The van der Waals surface area contributed by atoms with E-state index in [0.717, 1.165) is 16.6 Å². The van der Waals surface area contributed by atoms with Gasteiger partial charge in [-0.3, -0.25) is 4.98 Å². The molecule has 0 saturated heterocycles. The third-order valence-corrected chi connectivity index (χ3v) is 3.04. The fourth-order valence-corrected chi connectivity index (χ4v) is 2.02. The fraction of sp³-hybridized carbons (Fsp3) is 0.400. The molecule has 0 aliphatic rings. The molecule has 1 aromatic heterocycles. The van der Waals surface area contributed by atoms with Crippen LogP contribution in [-0.2, 0) is 0 Å². The molecule has 1 nitrogen and oxygen atoms in total. The van der Waals surface area contributed by atoms with Crippen LogP contribution in [0.1, 0.15) is 50.8 Å². The summed E-state index contributed by atoms with van der Waals surface area (Å²) in [6.07, 6.45) is 0. The van der Waals surface area contributed by atoms with E-state index in [1.165, 1.54) is 11.6 Å². The average Bonchev–Trinajstić information content (AvgIpc) is 2.27. The Balaban J connectivity index is 2.76. The lowest BCUT2D eigenvalue weighted by molar-refractivity contribution is 0.629. The van der Waals surface area contributed by atoms with Gasteiger partial charge in [-0.2, -0.15) is 0 Å². The van der Waals surface area contributed by atoms with Crippen molar-refractivity contribution in [2.45, 2.75) is 39.5 Å². The van der Waals surface area contributed by atoms with Gasteiger partial charge in [0.2, 0.25) is 0 Å². The second kappa shape index (κ2) is 4.44. The average molecular weight is 231 g/mol. The highest BCUT2D eigenvalue weighted by Gasteiger charge is 2.11. The lowest BCUT2D eigenvalue weighted by atomic mass is 9.95. The van der Waals surface area contributed by atoms with Crippen molar-refractivity contribution < 1.29 is 4.39 Å². The van der Waals surface area contributed by atoms with E-state index in [0.29, 0.717) is 11.8 Å². The number of hydrogen-bond acceptors (Lipinski definition) is 1. The molecule has 0 saturated carbocycles. The van der Waals surface area contributed by atoms with E-state index in [4.69, 9.17) is 0 Å². The minimum atomic E-state index is -0.196. The van der Waals surface area contributed by atoms with E-state index in [-0.39, 0.29) is 5.82 Å². The third-order valence-electron chi connectivity index (χ3n) is 3.04. The van der Waals surface area contributed by atoms with Crippen molar-refractivity contribution in [3.8, 4) is 0 Å². The van der Waals surface area contributed by atoms with Crippen LogP contribution in [0, 0.1) is 5.82 Å². The van der Waals surface area contributed by atoms with E-state index in [1.54, 1.807) is 12.1 Å². The van der Waals surface area contributed by atoms with Crippen LogP contribution in [0.25, 0.3) is 10.9 Å². The molecule has 0 unspecified atom stereocenters. The summed E-state index contributed by atoms with van der Waals surface area (Å²) in [5.74, 6) is 0.570. The van der Waals surface area contributed by atoms with Gasteiger partial charge in [0.15, 0.2) is 0 Å². The van der Waals surface area contributed by atoms with Crippen LogP contribution in [-0.4, -0.2) is 4.98 Å². The van der Waals surface area contributed by atoms with Crippen LogP contribution >= 0.6 is 0 Å². The topological polar surface area (TPSA) is 12.9 Å². The summed E-state index contributed by atoms with van der Waals surface area (Å²) in [7, 11) is 0. The van der Waals surface area contributed by atoms with Crippen molar-refractivity contribution in [2.24, 2.45) is 0 Å². The first kappa shape index (κ1) is 12.0. The Morgan fingerprint density at radius 3 is 2.29 bits per heavy atom. The molecule has 0 aliphatic carbocycles. The predicted molar refractivity (Wildman–Crippen MR) is 69.9 cm³/mol. The molecule has 0 spiro atoms. The van der Waals surface area contributed by atoms with Gasteiger partial charge in [-0.1, -0.05) is 27.7 Å². The summed E-state index contributed by atoms with van der Waals surface area (Å²) in [6.45, 7) is 8.51. The maximum atomic E-state index is 13.3. The van der Waals surface area contributed by atoms with Gasteiger partial charge in [-0.25, -0.2) is 4.39 Å². The standard InChI is InChI=1S/C15H18FN/c1-9(2)12-8-15(10(3)4)17-14-6-5-11(16)7-13(12)14/h5-10H,1-4H3. The van der Waals surface area contributed by atoms with Gasteiger partial charge < -0.3 is 0 Å². The Bertz CT molecular complexity index is 544. The van der Waals surface area contributed by atoms with Gasteiger partial charge >= 0.3 is 0 Å². The second-order valence-electron chi connectivity index (χ2n) is 5.11. The van der Waals surface area contributed by atoms with Crippen LogP contribution in [0.4, 0.5) is 4.39 Å². The summed E-state index contributed by atoms with van der Waals surface area (Å²) < 4.78 is 13.3. The van der Waals surface area contributed by atoms with Gasteiger partial charge in [0.05, 0.1) is 5.52 Å². The molecule has 1 aromatic carbocycles. The number of benzene rings is 1.